The van der Waals surface area contributed by atoms with Gasteiger partial charge in [0.1, 0.15) is 5.82 Å². The molecule has 0 unspecified atom stereocenters. The van der Waals surface area contributed by atoms with Crippen molar-refractivity contribution in [3.63, 3.8) is 0 Å². The zero-order chi connectivity index (χ0) is 20.9. The first-order chi connectivity index (χ1) is 15.2. The number of benzene rings is 1. The number of aryl methyl sites for hydroxylation is 1. The number of imidazole rings is 1. The van der Waals surface area contributed by atoms with Crippen molar-refractivity contribution in [3.05, 3.63) is 53.2 Å². The smallest absolute Gasteiger partial charge is 0.329 e. The Morgan fingerprint density at radius 2 is 1.68 bits per heavy atom. The highest BCUT2D eigenvalue weighted by Gasteiger charge is 2.24. The standard InChI is InChI=1S/C25H27N5O/c1-28-22-16-26-21-10-8-17(18-9-11-23(27-15-18)29-12-4-5-13-29)14-20(21)24(22)30(25(28)31)19-6-2-3-7-19/h8-11,14-16,19H,2-7,12-13H2,1H3. The first-order valence-corrected chi connectivity index (χ1v) is 11.4. The molecular formula is C25H27N5O. The number of pyridine rings is 2. The third-order valence-corrected chi connectivity index (χ3v) is 7.12. The highest BCUT2D eigenvalue weighted by Crippen LogP contribution is 2.34. The molecular weight excluding hydrogens is 386 g/mol. The summed E-state index contributed by atoms with van der Waals surface area (Å²) in [5, 5.41) is 1.04. The van der Waals surface area contributed by atoms with Crippen LogP contribution >= 0.6 is 0 Å². The Balaban J connectivity index is 1.50. The first kappa shape index (κ1) is 18.6. The second-order valence-corrected chi connectivity index (χ2v) is 8.97. The van der Waals surface area contributed by atoms with Gasteiger partial charge in [-0.05, 0) is 55.5 Å². The number of rotatable bonds is 3. The Bertz CT molecular complexity index is 1320. The summed E-state index contributed by atoms with van der Waals surface area (Å²) in [7, 11) is 1.86. The molecule has 1 aromatic carbocycles. The van der Waals surface area contributed by atoms with Crippen molar-refractivity contribution < 1.29 is 0 Å². The van der Waals surface area contributed by atoms with E-state index in [2.05, 4.69) is 40.2 Å². The van der Waals surface area contributed by atoms with Crippen LogP contribution in [-0.2, 0) is 7.05 Å². The molecule has 31 heavy (non-hydrogen) atoms. The zero-order valence-corrected chi connectivity index (χ0v) is 17.9. The third-order valence-electron chi connectivity index (χ3n) is 7.12. The van der Waals surface area contributed by atoms with Crippen molar-refractivity contribution in [2.24, 2.45) is 7.05 Å². The molecule has 0 atom stereocenters. The van der Waals surface area contributed by atoms with Crippen LogP contribution in [0.25, 0.3) is 33.1 Å². The molecule has 1 saturated carbocycles. The SMILES string of the molecule is Cn1c(=O)n(C2CCCC2)c2c3cc(-c4ccc(N5CCCC5)nc4)ccc3ncc21. The minimum absolute atomic E-state index is 0.0678. The summed E-state index contributed by atoms with van der Waals surface area (Å²) < 4.78 is 3.78. The second-order valence-electron chi connectivity index (χ2n) is 8.97. The fraction of sp³-hybridized carbons (Fsp3) is 0.400. The highest BCUT2D eigenvalue weighted by molar-refractivity contribution is 6.04. The van der Waals surface area contributed by atoms with Crippen LogP contribution in [0.2, 0.25) is 0 Å². The van der Waals surface area contributed by atoms with Crippen LogP contribution < -0.4 is 10.6 Å². The highest BCUT2D eigenvalue weighted by atomic mass is 16.1. The first-order valence-electron chi connectivity index (χ1n) is 11.4. The van der Waals surface area contributed by atoms with E-state index in [9.17, 15) is 4.79 Å². The van der Waals surface area contributed by atoms with Gasteiger partial charge in [0.2, 0.25) is 0 Å². The molecule has 1 aliphatic heterocycles. The monoisotopic (exact) mass is 413 g/mol. The van der Waals surface area contributed by atoms with Crippen LogP contribution in [0, 0.1) is 0 Å². The number of fused-ring (bicyclic) bond motifs is 3. The van der Waals surface area contributed by atoms with Crippen LogP contribution in [0.15, 0.2) is 47.5 Å². The van der Waals surface area contributed by atoms with E-state index >= 15 is 0 Å². The number of aromatic nitrogens is 4. The van der Waals surface area contributed by atoms with Gasteiger partial charge in [0, 0.05) is 43.3 Å². The minimum atomic E-state index is 0.0678. The molecule has 1 aliphatic carbocycles. The maximum Gasteiger partial charge on any atom is 0.329 e. The predicted octanol–water partition coefficient (Wildman–Crippen LogP) is 4.67. The van der Waals surface area contributed by atoms with Crippen molar-refractivity contribution in [3.8, 4) is 11.1 Å². The normalized spacial score (nSPS) is 17.4. The van der Waals surface area contributed by atoms with Gasteiger partial charge in [0.05, 0.1) is 22.7 Å². The van der Waals surface area contributed by atoms with Gasteiger partial charge in [-0.15, -0.1) is 0 Å². The molecule has 6 rings (SSSR count). The molecule has 0 N–H and O–H groups in total. The Hall–Kier alpha value is -3.15. The number of anilines is 1. The third kappa shape index (κ3) is 2.96. The van der Waals surface area contributed by atoms with E-state index in [-0.39, 0.29) is 11.7 Å². The number of nitrogens with zero attached hydrogens (tertiary/aromatic N) is 5. The van der Waals surface area contributed by atoms with Gasteiger partial charge in [-0.25, -0.2) is 9.78 Å². The Morgan fingerprint density at radius 3 is 2.42 bits per heavy atom. The quantitative estimate of drug-likeness (QED) is 0.490. The van der Waals surface area contributed by atoms with Crippen LogP contribution in [0.3, 0.4) is 0 Å². The molecule has 0 radical (unpaired) electrons. The van der Waals surface area contributed by atoms with Gasteiger partial charge < -0.3 is 4.90 Å². The lowest BCUT2D eigenvalue weighted by atomic mass is 10.0. The molecule has 4 aromatic rings. The molecule has 2 fully saturated rings. The van der Waals surface area contributed by atoms with Crippen LogP contribution in [-0.4, -0.2) is 32.2 Å². The van der Waals surface area contributed by atoms with Crippen molar-refractivity contribution in [2.45, 2.75) is 44.6 Å². The largest absolute Gasteiger partial charge is 0.357 e. The summed E-state index contributed by atoms with van der Waals surface area (Å²) in [4.78, 5) is 24.9. The molecule has 6 heteroatoms. The van der Waals surface area contributed by atoms with E-state index in [0.29, 0.717) is 0 Å². The van der Waals surface area contributed by atoms with E-state index in [0.717, 1.165) is 64.8 Å². The Morgan fingerprint density at radius 1 is 0.903 bits per heavy atom. The zero-order valence-electron chi connectivity index (χ0n) is 17.9. The van der Waals surface area contributed by atoms with Crippen LogP contribution in [0.1, 0.15) is 44.6 Å². The van der Waals surface area contributed by atoms with Gasteiger partial charge in [-0.2, -0.15) is 0 Å². The fourth-order valence-electron chi connectivity index (χ4n) is 5.40. The van der Waals surface area contributed by atoms with Gasteiger partial charge in [-0.1, -0.05) is 18.9 Å². The molecule has 0 bridgehead atoms. The topological polar surface area (TPSA) is 56.0 Å². The molecule has 1 saturated heterocycles. The number of hydrogen-bond donors (Lipinski definition) is 0. The van der Waals surface area contributed by atoms with Crippen molar-refractivity contribution in [1.29, 1.82) is 0 Å². The molecule has 4 heterocycles. The molecule has 2 aliphatic rings. The van der Waals surface area contributed by atoms with E-state index in [1.807, 2.05) is 24.0 Å². The van der Waals surface area contributed by atoms with Crippen LogP contribution in [0.5, 0.6) is 0 Å². The fourth-order valence-corrected chi connectivity index (χ4v) is 5.40. The van der Waals surface area contributed by atoms with Gasteiger partial charge in [0.15, 0.2) is 0 Å². The van der Waals surface area contributed by atoms with E-state index in [4.69, 9.17) is 4.98 Å². The Kier molecular flexibility index (Phi) is 4.33. The van der Waals surface area contributed by atoms with E-state index in [1.165, 1.54) is 25.7 Å². The lowest BCUT2D eigenvalue weighted by Crippen LogP contribution is -2.24. The summed E-state index contributed by atoms with van der Waals surface area (Å²) in [6, 6.07) is 10.9. The molecule has 0 amide bonds. The predicted molar refractivity (Wildman–Crippen MR) is 125 cm³/mol. The lowest BCUT2D eigenvalue weighted by molar-refractivity contribution is 0.510. The van der Waals surface area contributed by atoms with Crippen molar-refractivity contribution >= 4 is 27.8 Å². The maximum absolute atomic E-state index is 13.1. The summed E-state index contributed by atoms with van der Waals surface area (Å²) >= 11 is 0. The Labute approximate surface area is 181 Å². The van der Waals surface area contributed by atoms with Gasteiger partial charge >= 0.3 is 5.69 Å². The second kappa shape index (κ2) is 7.22. The average molecular weight is 414 g/mol. The lowest BCUT2D eigenvalue weighted by Gasteiger charge is -2.16. The summed E-state index contributed by atoms with van der Waals surface area (Å²) in [6.45, 7) is 2.19. The summed E-state index contributed by atoms with van der Waals surface area (Å²) in [6.07, 6.45) is 10.8. The van der Waals surface area contributed by atoms with Crippen LogP contribution in [0.4, 0.5) is 5.82 Å². The van der Waals surface area contributed by atoms with Crippen molar-refractivity contribution in [1.82, 2.24) is 19.1 Å². The molecule has 6 nitrogen and oxygen atoms in total. The van der Waals surface area contributed by atoms with E-state index in [1.54, 1.807) is 4.57 Å². The molecule has 0 spiro atoms. The van der Waals surface area contributed by atoms with Gasteiger partial charge in [0.25, 0.3) is 0 Å². The number of hydrogen-bond acceptors (Lipinski definition) is 4. The average Bonchev–Trinajstić information content (AvgIpc) is 3.56. The maximum atomic E-state index is 13.1. The summed E-state index contributed by atoms with van der Waals surface area (Å²) in [5.41, 5.74) is 5.12. The summed E-state index contributed by atoms with van der Waals surface area (Å²) in [5.74, 6) is 1.06. The molecule has 3 aromatic heterocycles. The van der Waals surface area contributed by atoms with E-state index < -0.39 is 0 Å². The minimum Gasteiger partial charge on any atom is -0.357 e. The van der Waals surface area contributed by atoms with Gasteiger partial charge in [-0.3, -0.25) is 14.1 Å². The molecule has 158 valence electrons. The van der Waals surface area contributed by atoms with Crippen molar-refractivity contribution in [2.75, 3.05) is 18.0 Å².